The fourth-order valence-corrected chi connectivity index (χ4v) is 8.05. The number of aliphatic hydroxyl groups excluding tert-OH is 1. The van der Waals surface area contributed by atoms with Gasteiger partial charge in [0.1, 0.15) is 13.2 Å². The number of nitrogens with one attached hydrogen (secondary N) is 1. The third-order valence-electron chi connectivity index (χ3n) is 11.2. The largest absolute Gasteiger partial charge is 0.756 e. The molecule has 0 spiro atoms. The van der Waals surface area contributed by atoms with Gasteiger partial charge in [0.2, 0.25) is 5.91 Å². The van der Waals surface area contributed by atoms with Crippen LogP contribution in [0.2, 0.25) is 0 Å². The zero-order valence-electron chi connectivity index (χ0n) is 38.6. The first-order valence-corrected chi connectivity index (χ1v) is 26.0. The summed E-state index contributed by atoms with van der Waals surface area (Å²) < 4.78 is 23.2. The normalized spacial score (nSPS) is 14.3. The van der Waals surface area contributed by atoms with E-state index < -0.39 is 20.0 Å². The molecule has 0 saturated heterocycles. The SMILES string of the molecule is CCCCCCCCCCCCCCCCCCCCCCC/C=C/C(O)C(COP(=O)([O-])OCC[N+](C)(C)C)NC(=O)CCCCCCCCCCCCCC. The number of aliphatic hydroxyl groups is 1. The highest BCUT2D eigenvalue weighted by Gasteiger charge is 2.23. The molecule has 0 heterocycles. The Morgan fingerprint density at radius 2 is 0.947 bits per heavy atom. The fraction of sp³-hybridized carbons (Fsp3) is 0.938. The number of allylic oxidation sites excluding steroid dienone is 1. The summed E-state index contributed by atoms with van der Waals surface area (Å²) in [6.07, 6.45) is 46.9. The second-order valence-electron chi connectivity index (χ2n) is 18.2. The molecular formula is C48H97N2O6P. The Labute approximate surface area is 354 Å². The molecule has 3 atom stereocenters. The Kier molecular flexibility index (Phi) is 40.1. The topological polar surface area (TPSA) is 108 Å². The van der Waals surface area contributed by atoms with Crippen LogP contribution in [0.1, 0.15) is 239 Å². The molecule has 0 saturated carbocycles. The van der Waals surface area contributed by atoms with Crippen LogP contribution in [0.15, 0.2) is 12.2 Å². The van der Waals surface area contributed by atoms with Crippen molar-refractivity contribution >= 4 is 13.7 Å². The molecule has 0 aromatic rings. The first kappa shape index (κ1) is 56.2. The van der Waals surface area contributed by atoms with E-state index in [2.05, 4.69) is 19.2 Å². The monoisotopic (exact) mass is 829 g/mol. The Morgan fingerprint density at radius 3 is 1.32 bits per heavy atom. The number of phosphoric acid groups is 1. The van der Waals surface area contributed by atoms with E-state index in [-0.39, 0.29) is 19.1 Å². The van der Waals surface area contributed by atoms with Gasteiger partial charge >= 0.3 is 0 Å². The maximum atomic E-state index is 12.8. The average Bonchev–Trinajstić information content (AvgIpc) is 3.16. The van der Waals surface area contributed by atoms with Gasteiger partial charge in [0.25, 0.3) is 7.82 Å². The van der Waals surface area contributed by atoms with Gasteiger partial charge in [-0.3, -0.25) is 9.36 Å². The van der Waals surface area contributed by atoms with Crippen LogP contribution in [0.25, 0.3) is 0 Å². The Balaban J connectivity index is 4.25. The Morgan fingerprint density at radius 1 is 0.596 bits per heavy atom. The lowest BCUT2D eigenvalue weighted by Crippen LogP contribution is -2.45. The second kappa shape index (κ2) is 40.6. The van der Waals surface area contributed by atoms with Gasteiger partial charge in [-0.2, -0.15) is 0 Å². The van der Waals surface area contributed by atoms with Crippen molar-refractivity contribution in [3.8, 4) is 0 Å². The van der Waals surface area contributed by atoms with Crippen molar-refractivity contribution in [2.75, 3.05) is 40.9 Å². The van der Waals surface area contributed by atoms with Crippen molar-refractivity contribution in [3.05, 3.63) is 12.2 Å². The molecule has 1 amide bonds. The van der Waals surface area contributed by atoms with Gasteiger partial charge in [-0.25, -0.2) is 0 Å². The quantitative estimate of drug-likeness (QED) is 0.0274. The van der Waals surface area contributed by atoms with Gasteiger partial charge in [0.05, 0.1) is 39.9 Å². The first-order chi connectivity index (χ1) is 27.5. The highest BCUT2D eigenvalue weighted by molar-refractivity contribution is 7.45. The summed E-state index contributed by atoms with van der Waals surface area (Å²) in [6, 6.07) is -0.880. The van der Waals surface area contributed by atoms with E-state index in [0.717, 1.165) is 38.5 Å². The first-order valence-electron chi connectivity index (χ1n) is 24.6. The molecule has 0 aliphatic rings. The molecule has 9 heteroatoms. The number of phosphoric ester groups is 1. The molecule has 0 aromatic heterocycles. The van der Waals surface area contributed by atoms with Crippen LogP contribution in [-0.2, 0) is 18.4 Å². The number of amides is 1. The van der Waals surface area contributed by atoms with Crippen molar-refractivity contribution in [3.63, 3.8) is 0 Å². The molecule has 0 bridgehead atoms. The lowest BCUT2D eigenvalue weighted by atomic mass is 10.0. The molecule has 0 radical (unpaired) electrons. The van der Waals surface area contributed by atoms with Crippen molar-refractivity contribution in [1.82, 2.24) is 5.32 Å². The van der Waals surface area contributed by atoms with Gasteiger partial charge in [-0.1, -0.05) is 225 Å². The van der Waals surface area contributed by atoms with Gasteiger partial charge in [-0.15, -0.1) is 0 Å². The van der Waals surface area contributed by atoms with Crippen LogP contribution in [0, 0.1) is 0 Å². The molecule has 0 fully saturated rings. The van der Waals surface area contributed by atoms with Crippen LogP contribution >= 0.6 is 7.82 Å². The average molecular weight is 829 g/mol. The van der Waals surface area contributed by atoms with Crippen LogP contribution in [0.4, 0.5) is 0 Å². The summed E-state index contributed by atoms with van der Waals surface area (Å²) in [6.45, 7) is 4.66. The van der Waals surface area contributed by atoms with Gasteiger partial charge in [0.15, 0.2) is 0 Å². The standard InChI is InChI=1S/C48H97N2O6P/c1-6-8-10-12-14-16-18-20-21-22-23-24-25-26-27-28-29-30-31-33-35-37-39-41-47(51)46(45-56-57(53,54)55-44-43-50(3,4)5)49-48(52)42-40-38-36-34-32-19-17-15-13-11-9-7-2/h39,41,46-47,51H,6-38,40,42-45H2,1-5H3,(H-,49,52,53,54)/b41-39+. The number of nitrogens with zero attached hydrogens (tertiary/aromatic N) is 1. The molecule has 340 valence electrons. The highest BCUT2D eigenvalue weighted by atomic mass is 31.2. The van der Waals surface area contributed by atoms with Crippen LogP contribution in [0.5, 0.6) is 0 Å². The van der Waals surface area contributed by atoms with Gasteiger partial charge < -0.3 is 28.8 Å². The van der Waals surface area contributed by atoms with Crippen LogP contribution in [0.3, 0.4) is 0 Å². The summed E-state index contributed by atoms with van der Waals surface area (Å²) in [5.41, 5.74) is 0. The Hall–Kier alpha value is -0.760. The summed E-state index contributed by atoms with van der Waals surface area (Å²) in [5.74, 6) is -0.195. The van der Waals surface area contributed by atoms with Crippen LogP contribution < -0.4 is 10.2 Å². The van der Waals surface area contributed by atoms with E-state index in [1.807, 2.05) is 27.2 Å². The molecule has 3 unspecified atom stereocenters. The zero-order chi connectivity index (χ0) is 42.1. The highest BCUT2D eigenvalue weighted by Crippen LogP contribution is 2.38. The molecular weight excluding hydrogens is 732 g/mol. The smallest absolute Gasteiger partial charge is 0.268 e. The summed E-state index contributed by atoms with van der Waals surface area (Å²) in [7, 11) is 1.27. The maximum absolute atomic E-state index is 12.8. The summed E-state index contributed by atoms with van der Waals surface area (Å²) >= 11 is 0. The number of hydrogen-bond acceptors (Lipinski definition) is 6. The van der Waals surface area contributed by atoms with Crippen molar-refractivity contribution < 1.29 is 32.9 Å². The number of quaternary nitrogens is 1. The molecule has 2 N–H and O–H groups in total. The number of rotatable bonds is 45. The van der Waals surface area contributed by atoms with Gasteiger partial charge in [0, 0.05) is 6.42 Å². The van der Waals surface area contributed by atoms with Crippen LogP contribution in [-0.4, -0.2) is 68.5 Å². The van der Waals surface area contributed by atoms with E-state index in [1.54, 1.807) is 6.08 Å². The molecule has 0 aliphatic carbocycles. The number of carbonyl (C=O) groups excluding carboxylic acids is 1. The number of likely N-dealkylation sites (N-methyl/N-ethyl adjacent to an activating group) is 1. The second-order valence-corrected chi connectivity index (χ2v) is 19.6. The zero-order valence-corrected chi connectivity index (χ0v) is 39.5. The molecule has 57 heavy (non-hydrogen) atoms. The predicted octanol–water partition coefficient (Wildman–Crippen LogP) is 13.3. The van der Waals surface area contributed by atoms with Crippen molar-refractivity contribution in [1.29, 1.82) is 0 Å². The van der Waals surface area contributed by atoms with E-state index >= 15 is 0 Å². The minimum atomic E-state index is -4.58. The van der Waals surface area contributed by atoms with Gasteiger partial charge in [-0.05, 0) is 19.3 Å². The molecule has 0 rings (SSSR count). The minimum absolute atomic E-state index is 0.00221. The third-order valence-corrected chi connectivity index (χ3v) is 12.2. The number of unbranched alkanes of at least 4 members (excludes halogenated alkanes) is 32. The number of carbonyl (C=O) groups is 1. The summed E-state index contributed by atoms with van der Waals surface area (Å²) in [5, 5.41) is 13.8. The fourth-order valence-electron chi connectivity index (χ4n) is 7.33. The third kappa shape index (κ3) is 43.1. The van der Waals surface area contributed by atoms with E-state index in [9.17, 15) is 19.4 Å². The lowest BCUT2D eigenvalue weighted by molar-refractivity contribution is -0.870. The van der Waals surface area contributed by atoms with Crippen molar-refractivity contribution in [2.45, 2.75) is 251 Å². The number of hydrogen-bond donors (Lipinski definition) is 2. The molecule has 0 aromatic carbocycles. The van der Waals surface area contributed by atoms with E-state index in [4.69, 9.17) is 9.05 Å². The summed E-state index contributed by atoms with van der Waals surface area (Å²) in [4.78, 5) is 25.3. The maximum Gasteiger partial charge on any atom is 0.268 e. The van der Waals surface area contributed by atoms with E-state index in [1.165, 1.54) is 180 Å². The lowest BCUT2D eigenvalue weighted by Gasteiger charge is -2.29. The van der Waals surface area contributed by atoms with Crippen molar-refractivity contribution in [2.24, 2.45) is 0 Å². The molecule has 8 nitrogen and oxygen atoms in total. The minimum Gasteiger partial charge on any atom is -0.756 e. The predicted molar refractivity (Wildman–Crippen MR) is 242 cm³/mol. The van der Waals surface area contributed by atoms with E-state index in [0.29, 0.717) is 17.4 Å². The molecule has 0 aliphatic heterocycles. The Bertz CT molecular complexity index is 942.